The highest BCUT2D eigenvalue weighted by atomic mass is 19.1. The zero-order valence-electron chi connectivity index (χ0n) is 12.8. The first-order chi connectivity index (χ1) is 10.6. The fourth-order valence-corrected chi connectivity index (χ4v) is 3.08. The van der Waals surface area contributed by atoms with Crippen LogP contribution in [-0.4, -0.2) is 31.6 Å². The Hall–Kier alpha value is -1.66. The molecule has 22 heavy (non-hydrogen) atoms. The van der Waals surface area contributed by atoms with E-state index in [1.165, 1.54) is 6.92 Å². The van der Waals surface area contributed by atoms with Gasteiger partial charge in [0.15, 0.2) is 0 Å². The number of benzene rings is 1. The molecule has 0 aromatic heterocycles. The largest absolute Gasteiger partial charge is 0.369 e. The van der Waals surface area contributed by atoms with Crippen LogP contribution < -0.4 is 15.7 Å². The predicted octanol–water partition coefficient (Wildman–Crippen LogP) is 1.90. The highest BCUT2D eigenvalue weighted by Gasteiger charge is 2.27. The number of hydroxylamine groups is 1. The maximum absolute atomic E-state index is 14.3. The summed E-state index contributed by atoms with van der Waals surface area (Å²) in [6.07, 6.45) is 2.88. The van der Waals surface area contributed by atoms with E-state index in [4.69, 9.17) is 4.84 Å². The van der Waals surface area contributed by atoms with Gasteiger partial charge in [-0.1, -0.05) is 6.07 Å². The lowest BCUT2D eigenvalue weighted by Crippen LogP contribution is -2.30. The molecule has 0 saturated carbocycles. The molecule has 2 fully saturated rings. The average molecular weight is 307 g/mol. The Kier molecular flexibility index (Phi) is 4.59. The summed E-state index contributed by atoms with van der Waals surface area (Å²) in [4.78, 5) is 18.5. The molecule has 1 aromatic carbocycles. The van der Waals surface area contributed by atoms with Crippen molar-refractivity contribution in [3.63, 3.8) is 0 Å². The van der Waals surface area contributed by atoms with Crippen LogP contribution in [-0.2, 0) is 9.63 Å². The number of carbonyl (C=O) groups excluding carboxylic acids is 1. The van der Waals surface area contributed by atoms with Gasteiger partial charge in [-0.15, -0.1) is 0 Å². The van der Waals surface area contributed by atoms with E-state index in [9.17, 15) is 9.18 Å². The van der Waals surface area contributed by atoms with Crippen molar-refractivity contribution in [3.05, 3.63) is 29.6 Å². The van der Waals surface area contributed by atoms with Crippen LogP contribution in [0.2, 0.25) is 0 Å². The summed E-state index contributed by atoms with van der Waals surface area (Å²) in [7, 11) is 0. The second-order valence-corrected chi connectivity index (χ2v) is 5.99. The number of nitrogens with one attached hydrogen (secondary N) is 2. The molecule has 2 saturated heterocycles. The number of rotatable bonds is 4. The van der Waals surface area contributed by atoms with Crippen molar-refractivity contribution >= 4 is 11.6 Å². The summed E-state index contributed by atoms with van der Waals surface area (Å²) in [5.41, 5.74) is 4.50. The van der Waals surface area contributed by atoms with Crippen molar-refractivity contribution in [3.8, 4) is 0 Å². The van der Waals surface area contributed by atoms with Crippen LogP contribution >= 0.6 is 0 Å². The minimum absolute atomic E-state index is 0.0408. The first-order valence-corrected chi connectivity index (χ1v) is 7.83. The Bertz CT molecular complexity index is 546. The summed E-state index contributed by atoms with van der Waals surface area (Å²) < 4.78 is 14.3. The van der Waals surface area contributed by atoms with Gasteiger partial charge in [0.2, 0.25) is 5.91 Å². The van der Waals surface area contributed by atoms with Crippen molar-refractivity contribution < 1.29 is 14.0 Å². The van der Waals surface area contributed by atoms with Gasteiger partial charge in [0.05, 0.1) is 17.8 Å². The SMILES string of the molecule is CC(=O)NC[C@@H]1CC(c2ccc(N3CCCC3)c(F)c2)NO1. The zero-order chi connectivity index (χ0) is 15.5. The van der Waals surface area contributed by atoms with E-state index >= 15 is 0 Å². The van der Waals surface area contributed by atoms with Gasteiger partial charge in [-0.3, -0.25) is 9.63 Å². The standard InChI is InChI=1S/C16H22FN3O2/c1-11(21)18-10-13-9-15(19-22-13)12-4-5-16(14(17)8-12)20-6-2-3-7-20/h4-5,8,13,15,19H,2-3,6-7,9-10H2,1H3,(H,18,21)/t13-,15?/m0/s1. The van der Waals surface area contributed by atoms with E-state index < -0.39 is 0 Å². The summed E-state index contributed by atoms with van der Waals surface area (Å²) in [5.74, 6) is -0.250. The lowest BCUT2D eigenvalue weighted by molar-refractivity contribution is -0.119. The summed E-state index contributed by atoms with van der Waals surface area (Å²) >= 11 is 0. The molecule has 2 atom stereocenters. The highest BCUT2D eigenvalue weighted by Crippen LogP contribution is 2.30. The molecular formula is C16H22FN3O2. The van der Waals surface area contributed by atoms with Crippen molar-refractivity contribution in [2.45, 2.75) is 38.3 Å². The van der Waals surface area contributed by atoms with E-state index in [2.05, 4.69) is 15.7 Å². The molecule has 0 spiro atoms. The fraction of sp³-hybridized carbons (Fsp3) is 0.562. The molecule has 2 aliphatic rings. The molecule has 0 bridgehead atoms. The van der Waals surface area contributed by atoms with Crippen LogP contribution in [0.25, 0.3) is 0 Å². The number of amides is 1. The van der Waals surface area contributed by atoms with Gasteiger partial charge in [0.1, 0.15) is 5.82 Å². The third-order valence-electron chi connectivity index (χ3n) is 4.28. The number of anilines is 1. The quantitative estimate of drug-likeness (QED) is 0.892. The molecule has 0 radical (unpaired) electrons. The number of carbonyl (C=O) groups is 1. The van der Waals surface area contributed by atoms with Crippen LogP contribution in [0.4, 0.5) is 10.1 Å². The summed E-state index contributed by atoms with van der Waals surface area (Å²) in [5, 5.41) is 2.73. The van der Waals surface area contributed by atoms with Crippen LogP contribution in [0.15, 0.2) is 18.2 Å². The summed E-state index contributed by atoms with van der Waals surface area (Å²) in [6.45, 7) is 3.80. The molecule has 2 heterocycles. The van der Waals surface area contributed by atoms with Crippen LogP contribution in [0, 0.1) is 5.82 Å². The fourth-order valence-electron chi connectivity index (χ4n) is 3.08. The zero-order valence-corrected chi connectivity index (χ0v) is 12.8. The monoisotopic (exact) mass is 307 g/mol. The topological polar surface area (TPSA) is 53.6 Å². The van der Waals surface area contributed by atoms with E-state index in [0.717, 1.165) is 31.5 Å². The van der Waals surface area contributed by atoms with Crippen molar-refractivity contribution in [2.75, 3.05) is 24.5 Å². The third kappa shape index (κ3) is 3.39. The van der Waals surface area contributed by atoms with Gasteiger partial charge in [-0.25, -0.2) is 4.39 Å². The molecule has 0 aliphatic carbocycles. The number of nitrogens with zero attached hydrogens (tertiary/aromatic N) is 1. The molecule has 5 nitrogen and oxygen atoms in total. The van der Waals surface area contributed by atoms with Crippen LogP contribution in [0.5, 0.6) is 0 Å². The lowest BCUT2D eigenvalue weighted by Gasteiger charge is -2.19. The number of hydrogen-bond acceptors (Lipinski definition) is 4. The van der Waals surface area contributed by atoms with E-state index in [0.29, 0.717) is 18.7 Å². The molecule has 1 unspecified atom stereocenters. The number of hydrogen-bond donors (Lipinski definition) is 2. The van der Waals surface area contributed by atoms with Gasteiger partial charge in [-0.2, -0.15) is 5.48 Å². The molecule has 6 heteroatoms. The normalized spacial score (nSPS) is 24.7. The molecule has 1 amide bonds. The van der Waals surface area contributed by atoms with Crippen molar-refractivity contribution in [1.82, 2.24) is 10.8 Å². The molecule has 2 N–H and O–H groups in total. The Labute approximate surface area is 129 Å². The van der Waals surface area contributed by atoms with Crippen LogP contribution in [0.3, 0.4) is 0 Å². The Morgan fingerprint density at radius 2 is 2.23 bits per heavy atom. The van der Waals surface area contributed by atoms with Gasteiger partial charge >= 0.3 is 0 Å². The predicted molar refractivity (Wildman–Crippen MR) is 81.9 cm³/mol. The Morgan fingerprint density at radius 3 is 2.91 bits per heavy atom. The molecule has 120 valence electrons. The van der Waals surface area contributed by atoms with E-state index in [1.54, 1.807) is 6.07 Å². The minimum Gasteiger partial charge on any atom is -0.369 e. The van der Waals surface area contributed by atoms with Crippen LogP contribution in [0.1, 0.15) is 37.8 Å². The van der Waals surface area contributed by atoms with Gasteiger partial charge in [0.25, 0.3) is 0 Å². The lowest BCUT2D eigenvalue weighted by atomic mass is 10.0. The smallest absolute Gasteiger partial charge is 0.216 e. The van der Waals surface area contributed by atoms with E-state index in [1.807, 2.05) is 12.1 Å². The first kappa shape index (κ1) is 15.2. The highest BCUT2D eigenvalue weighted by molar-refractivity contribution is 5.72. The van der Waals surface area contributed by atoms with Crippen molar-refractivity contribution in [1.29, 1.82) is 0 Å². The van der Waals surface area contributed by atoms with Crippen molar-refractivity contribution in [2.24, 2.45) is 0 Å². The maximum atomic E-state index is 14.3. The second-order valence-electron chi connectivity index (χ2n) is 5.99. The molecule has 2 aliphatic heterocycles. The minimum atomic E-state index is -0.175. The Balaban J connectivity index is 1.63. The third-order valence-corrected chi connectivity index (χ3v) is 4.28. The molecular weight excluding hydrogens is 285 g/mol. The van der Waals surface area contributed by atoms with Gasteiger partial charge < -0.3 is 10.2 Å². The maximum Gasteiger partial charge on any atom is 0.216 e. The second kappa shape index (κ2) is 6.62. The first-order valence-electron chi connectivity index (χ1n) is 7.83. The number of halogens is 1. The average Bonchev–Trinajstić information content (AvgIpc) is 3.16. The van der Waals surface area contributed by atoms with E-state index in [-0.39, 0.29) is 23.9 Å². The molecule has 1 aromatic rings. The summed E-state index contributed by atoms with van der Waals surface area (Å²) in [6, 6.07) is 5.37. The Morgan fingerprint density at radius 1 is 1.45 bits per heavy atom. The van der Waals surface area contributed by atoms with Gasteiger partial charge in [-0.05, 0) is 37.0 Å². The van der Waals surface area contributed by atoms with Gasteiger partial charge in [0, 0.05) is 26.6 Å². The molecule has 3 rings (SSSR count).